The number of carbonyl (C=O) groups excluding carboxylic acids is 1. The summed E-state index contributed by atoms with van der Waals surface area (Å²) >= 11 is 3.48. The topological polar surface area (TPSA) is 45.2 Å². The summed E-state index contributed by atoms with van der Waals surface area (Å²) < 4.78 is 0. The average molecular weight is 283 g/mol. The lowest BCUT2D eigenvalue weighted by atomic mass is 10.2. The second-order valence-corrected chi connectivity index (χ2v) is 6.72. The Morgan fingerprint density at radius 3 is 3.06 bits per heavy atom. The molecule has 2 heterocycles. The van der Waals surface area contributed by atoms with Gasteiger partial charge in [0.25, 0.3) is 0 Å². The number of nitrogens with one attached hydrogen (secondary N) is 1. The fourth-order valence-corrected chi connectivity index (χ4v) is 3.75. The molecule has 1 saturated heterocycles. The summed E-state index contributed by atoms with van der Waals surface area (Å²) in [6, 6.07) is 0.525. The second-order valence-electron chi connectivity index (χ2n) is 4.71. The smallest absolute Gasteiger partial charge is 0.240 e. The lowest BCUT2D eigenvalue weighted by molar-refractivity contribution is -0.133. The van der Waals surface area contributed by atoms with Gasteiger partial charge in [0.05, 0.1) is 11.0 Å². The van der Waals surface area contributed by atoms with Crippen LogP contribution >= 0.6 is 23.1 Å². The van der Waals surface area contributed by atoms with Gasteiger partial charge in [-0.1, -0.05) is 0 Å². The van der Waals surface area contributed by atoms with Gasteiger partial charge in [-0.25, -0.2) is 4.98 Å². The molecular weight excluding hydrogens is 266 g/mol. The minimum atomic E-state index is 0.0342. The van der Waals surface area contributed by atoms with E-state index < -0.39 is 0 Å². The molecular formula is C12H17N3OS2. The number of carbonyl (C=O) groups is 1. The molecule has 0 bridgehead atoms. The first kappa shape index (κ1) is 12.4. The normalized spacial score (nSPS) is 23.2. The Labute approximate surface area is 115 Å². The largest absolute Gasteiger partial charge is 0.338 e. The van der Waals surface area contributed by atoms with E-state index in [1.807, 2.05) is 11.6 Å². The molecule has 2 fully saturated rings. The Balaban J connectivity index is 1.59. The van der Waals surface area contributed by atoms with E-state index in [2.05, 4.69) is 15.2 Å². The molecule has 1 amide bonds. The molecule has 1 aliphatic heterocycles. The van der Waals surface area contributed by atoms with Crippen LogP contribution < -0.4 is 5.32 Å². The lowest BCUT2D eigenvalue weighted by Gasteiger charge is -2.25. The highest BCUT2D eigenvalue weighted by Gasteiger charge is 2.36. The van der Waals surface area contributed by atoms with Crippen molar-refractivity contribution in [3.8, 4) is 0 Å². The first-order valence-electron chi connectivity index (χ1n) is 6.34. The van der Waals surface area contributed by atoms with Crippen molar-refractivity contribution in [2.45, 2.75) is 31.3 Å². The maximum absolute atomic E-state index is 12.4. The number of thiazole rings is 1. The Kier molecular flexibility index (Phi) is 3.86. The molecule has 4 nitrogen and oxygen atoms in total. The Morgan fingerprint density at radius 1 is 1.56 bits per heavy atom. The Bertz CT molecular complexity index is 399. The number of hydrogen-bond acceptors (Lipinski definition) is 5. The van der Waals surface area contributed by atoms with Crippen LogP contribution in [0.4, 0.5) is 0 Å². The van der Waals surface area contributed by atoms with E-state index in [1.165, 1.54) is 12.8 Å². The molecule has 0 aromatic carbocycles. The summed E-state index contributed by atoms with van der Waals surface area (Å²) in [4.78, 5) is 18.8. The minimum Gasteiger partial charge on any atom is -0.338 e. The van der Waals surface area contributed by atoms with Crippen molar-refractivity contribution in [1.82, 2.24) is 15.2 Å². The van der Waals surface area contributed by atoms with E-state index in [0.717, 1.165) is 29.6 Å². The molecule has 2 aliphatic rings. The van der Waals surface area contributed by atoms with Gasteiger partial charge in [-0.3, -0.25) is 10.1 Å². The molecule has 0 spiro atoms. The predicted octanol–water partition coefficient (Wildman–Crippen LogP) is 1.34. The average Bonchev–Trinajstić information content (AvgIpc) is 2.89. The molecule has 0 radical (unpaired) electrons. The molecule has 1 saturated carbocycles. The van der Waals surface area contributed by atoms with Crippen molar-refractivity contribution in [3.05, 3.63) is 16.6 Å². The highest BCUT2D eigenvalue weighted by Crippen LogP contribution is 2.28. The number of hydrogen-bond donors (Lipinski definition) is 1. The summed E-state index contributed by atoms with van der Waals surface area (Å²) in [5.74, 6) is 2.11. The van der Waals surface area contributed by atoms with Crippen molar-refractivity contribution in [3.63, 3.8) is 0 Å². The van der Waals surface area contributed by atoms with Crippen LogP contribution in [-0.4, -0.2) is 46.0 Å². The fourth-order valence-electron chi connectivity index (χ4n) is 2.21. The third-order valence-corrected chi connectivity index (χ3v) is 5.11. The van der Waals surface area contributed by atoms with Crippen molar-refractivity contribution in [2.24, 2.45) is 0 Å². The summed E-state index contributed by atoms with van der Waals surface area (Å²) in [6.45, 7) is 0.819. The van der Waals surface area contributed by atoms with Gasteiger partial charge < -0.3 is 4.90 Å². The predicted molar refractivity (Wildman–Crippen MR) is 74.8 cm³/mol. The van der Waals surface area contributed by atoms with Crippen LogP contribution in [0.1, 0.15) is 17.8 Å². The SMILES string of the molecule is O=C(C1CSCN1)N(CCc1nccs1)C1CC1. The van der Waals surface area contributed by atoms with Crippen LogP contribution in [0.25, 0.3) is 0 Å². The molecule has 1 unspecified atom stereocenters. The number of aromatic nitrogens is 1. The zero-order valence-corrected chi connectivity index (χ0v) is 11.8. The molecule has 6 heteroatoms. The third-order valence-electron chi connectivity index (χ3n) is 3.34. The molecule has 1 atom stereocenters. The van der Waals surface area contributed by atoms with E-state index in [-0.39, 0.29) is 6.04 Å². The van der Waals surface area contributed by atoms with Crippen LogP contribution in [0.5, 0.6) is 0 Å². The zero-order chi connectivity index (χ0) is 12.4. The van der Waals surface area contributed by atoms with Gasteiger partial charge in [0.2, 0.25) is 5.91 Å². The first-order valence-corrected chi connectivity index (χ1v) is 8.38. The number of amides is 1. The third kappa shape index (κ3) is 2.87. The van der Waals surface area contributed by atoms with Gasteiger partial charge in [0, 0.05) is 42.2 Å². The van der Waals surface area contributed by atoms with Crippen molar-refractivity contribution >= 4 is 29.0 Å². The van der Waals surface area contributed by atoms with Crippen molar-refractivity contribution < 1.29 is 4.79 Å². The summed E-state index contributed by atoms with van der Waals surface area (Å²) in [5, 5.41) is 6.39. The molecule has 98 valence electrons. The number of nitrogens with zero attached hydrogens (tertiary/aromatic N) is 2. The molecule has 1 aromatic heterocycles. The summed E-state index contributed by atoms with van der Waals surface area (Å²) in [7, 11) is 0. The molecule has 1 aliphatic carbocycles. The Hall–Kier alpha value is -0.590. The van der Waals surface area contributed by atoms with E-state index in [4.69, 9.17) is 0 Å². The summed E-state index contributed by atoms with van der Waals surface area (Å²) in [6.07, 6.45) is 5.06. The number of rotatable bonds is 5. The quantitative estimate of drug-likeness (QED) is 0.886. The van der Waals surface area contributed by atoms with E-state index in [0.29, 0.717) is 11.9 Å². The highest BCUT2D eigenvalue weighted by molar-refractivity contribution is 7.99. The molecule has 3 rings (SSSR count). The van der Waals surface area contributed by atoms with Crippen LogP contribution in [0.2, 0.25) is 0 Å². The van der Waals surface area contributed by atoms with Gasteiger partial charge >= 0.3 is 0 Å². The van der Waals surface area contributed by atoms with Gasteiger partial charge in [-0.2, -0.15) is 0 Å². The van der Waals surface area contributed by atoms with E-state index in [1.54, 1.807) is 23.1 Å². The van der Waals surface area contributed by atoms with Gasteiger partial charge in [0.1, 0.15) is 0 Å². The van der Waals surface area contributed by atoms with Crippen LogP contribution in [0.3, 0.4) is 0 Å². The second kappa shape index (κ2) is 5.59. The standard InChI is InChI=1S/C12H17N3OS2/c16-12(10-7-17-8-14-10)15(9-1-2-9)5-3-11-13-4-6-18-11/h4,6,9-10,14H,1-3,5,7-8H2. The van der Waals surface area contributed by atoms with Gasteiger partial charge in [-0.15, -0.1) is 23.1 Å². The minimum absolute atomic E-state index is 0.0342. The lowest BCUT2D eigenvalue weighted by Crippen LogP contribution is -2.46. The Morgan fingerprint density at radius 2 is 2.44 bits per heavy atom. The molecule has 1 N–H and O–H groups in total. The molecule has 18 heavy (non-hydrogen) atoms. The molecule has 1 aromatic rings. The van der Waals surface area contributed by atoms with Crippen LogP contribution in [0, 0.1) is 0 Å². The maximum Gasteiger partial charge on any atom is 0.240 e. The monoisotopic (exact) mass is 283 g/mol. The van der Waals surface area contributed by atoms with Crippen LogP contribution in [-0.2, 0) is 11.2 Å². The maximum atomic E-state index is 12.4. The zero-order valence-electron chi connectivity index (χ0n) is 10.2. The van der Waals surface area contributed by atoms with Gasteiger partial charge in [0.15, 0.2) is 0 Å². The van der Waals surface area contributed by atoms with Crippen molar-refractivity contribution in [1.29, 1.82) is 0 Å². The van der Waals surface area contributed by atoms with Gasteiger partial charge in [-0.05, 0) is 12.8 Å². The van der Waals surface area contributed by atoms with Crippen molar-refractivity contribution in [2.75, 3.05) is 18.2 Å². The number of thioether (sulfide) groups is 1. The van der Waals surface area contributed by atoms with E-state index >= 15 is 0 Å². The van der Waals surface area contributed by atoms with E-state index in [9.17, 15) is 4.79 Å². The van der Waals surface area contributed by atoms with Crippen LogP contribution in [0.15, 0.2) is 11.6 Å². The highest BCUT2D eigenvalue weighted by atomic mass is 32.2. The first-order chi connectivity index (χ1) is 8.84. The fraction of sp³-hybridized carbons (Fsp3) is 0.667. The summed E-state index contributed by atoms with van der Waals surface area (Å²) in [5.41, 5.74) is 0.